The second-order valence-electron chi connectivity index (χ2n) is 7.67. The van der Waals surface area contributed by atoms with Crippen LogP contribution in [0.5, 0.6) is 0 Å². The first-order valence-corrected chi connectivity index (χ1v) is 12.4. The summed E-state index contributed by atoms with van der Waals surface area (Å²) in [5.74, 6) is 0. The molecule has 3 aromatic rings. The van der Waals surface area contributed by atoms with Crippen molar-refractivity contribution in [2.45, 2.75) is 17.9 Å². The fraction of sp³-hybridized carbons (Fsp3) is 0.250. The number of hydrogen-bond donors (Lipinski definition) is 0. The fourth-order valence-corrected chi connectivity index (χ4v) is 6.13. The van der Waals surface area contributed by atoms with Gasteiger partial charge in [0.15, 0.2) is 0 Å². The van der Waals surface area contributed by atoms with Crippen molar-refractivity contribution in [3.63, 3.8) is 0 Å². The number of piperazine rings is 1. The number of nitrogens with zero attached hydrogens (tertiary/aromatic N) is 2. The van der Waals surface area contributed by atoms with Crippen molar-refractivity contribution in [2.75, 3.05) is 26.2 Å². The van der Waals surface area contributed by atoms with E-state index in [1.54, 1.807) is 29.4 Å². The lowest BCUT2D eigenvalue weighted by Crippen LogP contribution is -2.49. The molecule has 4 nitrogen and oxygen atoms in total. The summed E-state index contributed by atoms with van der Waals surface area (Å²) in [6, 6.07) is 23.2. The molecule has 0 N–H and O–H groups in total. The van der Waals surface area contributed by atoms with E-state index in [-0.39, 0.29) is 10.9 Å². The quantitative estimate of drug-likeness (QED) is 0.496. The predicted octanol–water partition coefficient (Wildman–Crippen LogP) is 5.40. The van der Waals surface area contributed by atoms with Gasteiger partial charge in [0.1, 0.15) is 0 Å². The minimum absolute atomic E-state index is 0.0382. The zero-order valence-corrected chi connectivity index (χ0v) is 19.5. The summed E-state index contributed by atoms with van der Waals surface area (Å²) in [5.41, 5.74) is 2.90. The molecule has 1 fully saturated rings. The predicted molar refractivity (Wildman–Crippen MR) is 126 cm³/mol. The summed E-state index contributed by atoms with van der Waals surface area (Å²) in [5, 5.41) is 1.16. The first kappa shape index (κ1) is 22.3. The van der Waals surface area contributed by atoms with E-state index in [9.17, 15) is 8.42 Å². The Labute approximate surface area is 194 Å². The number of sulfonamides is 1. The summed E-state index contributed by atoms with van der Waals surface area (Å²) in [4.78, 5) is 2.61. The highest BCUT2D eigenvalue weighted by molar-refractivity contribution is 7.89. The topological polar surface area (TPSA) is 40.6 Å². The van der Waals surface area contributed by atoms with Crippen LogP contribution in [0.4, 0.5) is 0 Å². The Balaban J connectivity index is 1.58. The van der Waals surface area contributed by atoms with E-state index < -0.39 is 10.0 Å². The average molecular weight is 475 g/mol. The van der Waals surface area contributed by atoms with Gasteiger partial charge in [0.2, 0.25) is 10.0 Å². The first-order valence-electron chi connectivity index (χ1n) is 10.2. The second kappa shape index (κ2) is 9.31. The van der Waals surface area contributed by atoms with Crippen LogP contribution < -0.4 is 0 Å². The number of benzene rings is 3. The zero-order chi connectivity index (χ0) is 22.0. The fourth-order valence-electron chi connectivity index (χ4n) is 4.10. The molecule has 1 heterocycles. The van der Waals surface area contributed by atoms with Crippen molar-refractivity contribution in [1.29, 1.82) is 0 Å². The van der Waals surface area contributed by atoms with Crippen molar-refractivity contribution >= 4 is 33.2 Å². The summed E-state index contributed by atoms with van der Waals surface area (Å²) >= 11 is 12.3. The third-order valence-electron chi connectivity index (χ3n) is 5.78. The van der Waals surface area contributed by atoms with Crippen LogP contribution in [0.25, 0.3) is 0 Å². The standard InChI is InChI=1S/C24H24Cl2N2O2S/c1-18-22(26)8-5-9-23(18)31(29,30)28-16-14-27(15-17-28)24(19-6-3-2-4-7-19)20-10-12-21(25)13-11-20/h2-13,24H,14-17H2,1H3/t24-/m1/s1. The van der Waals surface area contributed by atoms with Gasteiger partial charge in [-0.15, -0.1) is 0 Å². The lowest BCUT2D eigenvalue weighted by atomic mass is 9.96. The molecule has 1 aliphatic heterocycles. The maximum Gasteiger partial charge on any atom is 0.243 e. The van der Waals surface area contributed by atoms with Crippen molar-refractivity contribution in [3.8, 4) is 0 Å². The molecule has 0 radical (unpaired) electrons. The SMILES string of the molecule is Cc1c(Cl)cccc1S(=O)(=O)N1CCN([C@H](c2ccccc2)c2ccc(Cl)cc2)CC1. The minimum Gasteiger partial charge on any atom is -0.290 e. The maximum absolute atomic E-state index is 13.2. The summed E-state index contributed by atoms with van der Waals surface area (Å²) in [6.07, 6.45) is 0. The molecule has 1 aliphatic rings. The molecule has 1 atom stereocenters. The molecule has 162 valence electrons. The number of rotatable bonds is 5. The van der Waals surface area contributed by atoms with Crippen LogP contribution in [0.15, 0.2) is 77.7 Å². The van der Waals surface area contributed by atoms with Crippen molar-refractivity contribution in [1.82, 2.24) is 9.21 Å². The molecule has 0 spiro atoms. The van der Waals surface area contributed by atoms with E-state index in [4.69, 9.17) is 23.2 Å². The van der Waals surface area contributed by atoms with Gasteiger partial charge >= 0.3 is 0 Å². The van der Waals surface area contributed by atoms with Gasteiger partial charge in [-0.3, -0.25) is 4.90 Å². The van der Waals surface area contributed by atoms with Crippen LogP contribution in [0, 0.1) is 6.92 Å². The normalized spacial score (nSPS) is 16.9. The molecular weight excluding hydrogens is 451 g/mol. The van der Waals surface area contributed by atoms with Gasteiger partial charge in [-0.1, -0.05) is 71.7 Å². The molecule has 31 heavy (non-hydrogen) atoms. The molecule has 0 amide bonds. The Morgan fingerprint density at radius 1 is 0.774 bits per heavy atom. The van der Waals surface area contributed by atoms with Crippen LogP contribution in [0.3, 0.4) is 0 Å². The maximum atomic E-state index is 13.2. The van der Waals surface area contributed by atoms with Gasteiger partial charge in [-0.2, -0.15) is 4.31 Å². The highest BCUT2D eigenvalue weighted by Gasteiger charge is 2.33. The highest BCUT2D eigenvalue weighted by Crippen LogP contribution is 2.32. The van der Waals surface area contributed by atoms with Crippen LogP contribution in [-0.2, 0) is 10.0 Å². The largest absolute Gasteiger partial charge is 0.290 e. The Bertz CT molecular complexity index is 1140. The summed E-state index contributed by atoms with van der Waals surface area (Å²) in [7, 11) is -3.59. The molecular formula is C24H24Cl2N2O2S. The highest BCUT2D eigenvalue weighted by atomic mass is 35.5. The Kier molecular flexibility index (Phi) is 6.70. The monoisotopic (exact) mass is 474 g/mol. The Hall–Kier alpha value is -1.89. The van der Waals surface area contributed by atoms with E-state index in [1.807, 2.05) is 42.5 Å². The van der Waals surface area contributed by atoms with E-state index in [0.717, 1.165) is 5.56 Å². The minimum atomic E-state index is -3.59. The Morgan fingerprint density at radius 2 is 1.39 bits per heavy atom. The molecule has 1 saturated heterocycles. The second-order valence-corrected chi connectivity index (χ2v) is 10.4. The lowest BCUT2D eigenvalue weighted by Gasteiger charge is -2.39. The van der Waals surface area contributed by atoms with Crippen molar-refractivity contribution in [3.05, 3.63) is 99.5 Å². The van der Waals surface area contributed by atoms with Crippen molar-refractivity contribution in [2.24, 2.45) is 0 Å². The average Bonchev–Trinajstić information content (AvgIpc) is 2.78. The van der Waals surface area contributed by atoms with E-state index >= 15 is 0 Å². The van der Waals surface area contributed by atoms with Gasteiger partial charge in [-0.05, 0) is 47.9 Å². The molecule has 0 aromatic heterocycles. The first-order chi connectivity index (χ1) is 14.9. The molecule has 0 saturated carbocycles. The van der Waals surface area contributed by atoms with E-state index in [1.165, 1.54) is 5.56 Å². The van der Waals surface area contributed by atoms with Crippen LogP contribution in [-0.4, -0.2) is 43.8 Å². The van der Waals surface area contributed by atoms with Gasteiger partial charge in [0.05, 0.1) is 10.9 Å². The molecule has 3 aromatic carbocycles. The number of halogens is 2. The lowest BCUT2D eigenvalue weighted by molar-refractivity contribution is 0.156. The third kappa shape index (κ3) is 4.66. The molecule has 4 rings (SSSR count). The molecule has 7 heteroatoms. The van der Waals surface area contributed by atoms with Crippen LogP contribution in [0.2, 0.25) is 10.0 Å². The van der Waals surface area contributed by atoms with Crippen LogP contribution in [0.1, 0.15) is 22.7 Å². The van der Waals surface area contributed by atoms with E-state index in [0.29, 0.717) is 41.8 Å². The van der Waals surface area contributed by atoms with Gasteiger partial charge in [0.25, 0.3) is 0 Å². The zero-order valence-electron chi connectivity index (χ0n) is 17.2. The smallest absolute Gasteiger partial charge is 0.243 e. The Morgan fingerprint density at radius 3 is 2.03 bits per heavy atom. The number of hydrogen-bond acceptors (Lipinski definition) is 3. The van der Waals surface area contributed by atoms with E-state index in [2.05, 4.69) is 17.0 Å². The summed E-state index contributed by atoms with van der Waals surface area (Å²) < 4.78 is 28.1. The summed E-state index contributed by atoms with van der Waals surface area (Å²) in [6.45, 7) is 3.84. The van der Waals surface area contributed by atoms with Gasteiger partial charge in [-0.25, -0.2) is 8.42 Å². The van der Waals surface area contributed by atoms with Gasteiger partial charge in [0, 0.05) is 36.2 Å². The molecule has 0 aliphatic carbocycles. The molecule has 0 unspecified atom stereocenters. The van der Waals surface area contributed by atoms with Crippen LogP contribution >= 0.6 is 23.2 Å². The van der Waals surface area contributed by atoms with Crippen molar-refractivity contribution < 1.29 is 8.42 Å². The van der Waals surface area contributed by atoms with Gasteiger partial charge < -0.3 is 0 Å². The third-order valence-corrected chi connectivity index (χ3v) is 8.48. The molecule has 0 bridgehead atoms.